The minimum absolute atomic E-state index is 0. The van der Waals surface area contributed by atoms with E-state index in [0.717, 1.165) is 12.1 Å². The van der Waals surface area contributed by atoms with Crippen molar-refractivity contribution in [2.45, 2.75) is 4.90 Å². The van der Waals surface area contributed by atoms with Crippen LogP contribution in [0, 0.1) is 0 Å². The van der Waals surface area contributed by atoms with Gasteiger partial charge in [-0.3, -0.25) is 4.55 Å². The number of benzene rings is 1. The smallest absolute Gasteiger partial charge is 1.00 e. The van der Waals surface area contributed by atoms with E-state index in [-0.39, 0.29) is 41.6 Å². The third-order valence-electron chi connectivity index (χ3n) is 1.48. The molecule has 0 atom stereocenters. The Bertz CT molecular complexity index is 457. The number of carbonyl (C=O) groups is 1. The molecular weight excluding hydrogens is 247 g/mol. The predicted octanol–water partition coefficient (Wildman–Crippen LogP) is -2.49. The van der Waals surface area contributed by atoms with Crippen LogP contribution in [0.25, 0.3) is 0 Å². The Labute approximate surface area is 116 Å². The molecule has 0 heterocycles. The molecule has 0 spiro atoms. The van der Waals surface area contributed by atoms with Crippen molar-refractivity contribution >= 4 is 16.1 Å². The van der Waals surface area contributed by atoms with E-state index in [0.29, 0.717) is 0 Å². The van der Waals surface area contributed by atoms with Gasteiger partial charge in [0.05, 0.1) is 4.90 Å². The van der Waals surface area contributed by atoms with Gasteiger partial charge in [-0.1, -0.05) is 0 Å². The van der Waals surface area contributed by atoms with Crippen molar-refractivity contribution in [3.63, 3.8) is 0 Å². The average molecular weight is 256 g/mol. The summed E-state index contributed by atoms with van der Waals surface area (Å²) in [5, 5.41) is 8.30. The molecule has 6 nitrogen and oxygen atoms in total. The maximum absolute atomic E-state index is 10.6. The van der Waals surface area contributed by atoms with E-state index in [1.165, 1.54) is 12.1 Å². The zero-order valence-corrected chi connectivity index (χ0v) is 11.3. The van der Waals surface area contributed by atoms with E-state index in [1.54, 1.807) is 0 Å². The monoisotopic (exact) mass is 256 g/mol. The SMILES string of the molecule is O=C(O)COc1ccc(S(=O)(=O)O)cc1.[H-].[Na+]. The van der Waals surface area contributed by atoms with Crippen LogP contribution in [0.15, 0.2) is 29.2 Å². The van der Waals surface area contributed by atoms with E-state index in [9.17, 15) is 13.2 Å². The Balaban J connectivity index is 0. The predicted molar refractivity (Wildman–Crippen MR) is 50.5 cm³/mol. The summed E-state index contributed by atoms with van der Waals surface area (Å²) in [5.41, 5.74) is 0. The summed E-state index contributed by atoms with van der Waals surface area (Å²) in [6.07, 6.45) is 0. The van der Waals surface area contributed by atoms with Crippen LogP contribution in [0.3, 0.4) is 0 Å². The minimum atomic E-state index is -4.22. The van der Waals surface area contributed by atoms with Crippen molar-refractivity contribution in [1.29, 1.82) is 0 Å². The van der Waals surface area contributed by atoms with E-state index in [1.807, 2.05) is 0 Å². The minimum Gasteiger partial charge on any atom is -1.00 e. The molecule has 1 aromatic carbocycles. The van der Waals surface area contributed by atoms with Crippen LogP contribution in [-0.2, 0) is 14.9 Å². The number of aliphatic carboxylic acids is 1. The number of hydrogen-bond acceptors (Lipinski definition) is 4. The maximum Gasteiger partial charge on any atom is 1.00 e. The molecule has 0 aliphatic heterocycles. The summed E-state index contributed by atoms with van der Waals surface area (Å²) in [7, 11) is -4.22. The number of rotatable bonds is 4. The molecule has 0 aliphatic carbocycles. The standard InChI is InChI=1S/C8H8O6S.Na.H/c9-8(10)5-14-6-1-3-7(4-2-6)15(11,12)13;;/h1-4H,5H2,(H,9,10)(H,11,12,13);;/q;+1;-1. The summed E-state index contributed by atoms with van der Waals surface area (Å²) in [4.78, 5) is 9.86. The molecule has 8 heteroatoms. The van der Waals surface area contributed by atoms with Crippen molar-refractivity contribution in [2.24, 2.45) is 0 Å². The van der Waals surface area contributed by atoms with Gasteiger partial charge >= 0.3 is 35.5 Å². The summed E-state index contributed by atoms with van der Waals surface area (Å²) >= 11 is 0. The van der Waals surface area contributed by atoms with Gasteiger partial charge in [0.1, 0.15) is 5.75 Å². The van der Waals surface area contributed by atoms with Gasteiger partial charge in [0, 0.05) is 0 Å². The Kier molecular flexibility index (Phi) is 5.98. The molecule has 1 rings (SSSR count). The van der Waals surface area contributed by atoms with Crippen LogP contribution in [0.4, 0.5) is 0 Å². The second kappa shape index (κ2) is 6.21. The van der Waals surface area contributed by atoms with E-state index in [2.05, 4.69) is 0 Å². The molecule has 0 saturated carbocycles. The van der Waals surface area contributed by atoms with Crippen molar-refractivity contribution in [3.05, 3.63) is 24.3 Å². The third-order valence-corrected chi connectivity index (χ3v) is 2.35. The Morgan fingerprint density at radius 1 is 1.31 bits per heavy atom. The molecule has 0 bridgehead atoms. The number of ether oxygens (including phenoxy) is 1. The molecule has 0 fully saturated rings. The molecule has 84 valence electrons. The normalized spacial score (nSPS) is 10.3. The maximum atomic E-state index is 10.6. The van der Waals surface area contributed by atoms with Gasteiger partial charge in [-0.25, -0.2) is 4.79 Å². The number of carboxylic acid groups (broad SMARTS) is 1. The second-order valence-electron chi connectivity index (χ2n) is 2.63. The molecule has 0 amide bonds. The molecule has 0 radical (unpaired) electrons. The van der Waals surface area contributed by atoms with Gasteiger partial charge in [-0.05, 0) is 24.3 Å². The second-order valence-corrected chi connectivity index (χ2v) is 4.05. The molecule has 0 aromatic heterocycles. The largest absolute Gasteiger partial charge is 1.00 e. The van der Waals surface area contributed by atoms with Crippen molar-refractivity contribution in [3.8, 4) is 5.75 Å². The van der Waals surface area contributed by atoms with Crippen molar-refractivity contribution in [1.82, 2.24) is 0 Å². The van der Waals surface area contributed by atoms with Crippen LogP contribution in [0.1, 0.15) is 1.43 Å². The molecule has 0 aliphatic rings. The van der Waals surface area contributed by atoms with Gasteiger partial charge in [0.25, 0.3) is 10.1 Å². The zero-order chi connectivity index (χ0) is 11.5. The van der Waals surface area contributed by atoms with E-state index >= 15 is 0 Å². The molecule has 16 heavy (non-hydrogen) atoms. The molecule has 0 saturated heterocycles. The van der Waals surface area contributed by atoms with Crippen molar-refractivity contribution in [2.75, 3.05) is 6.61 Å². The first kappa shape index (κ1) is 15.4. The summed E-state index contributed by atoms with van der Waals surface area (Å²) in [6, 6.07) is 4.75. The van der Waals surface area contributed by atoms with Crippen LogP contribution in [0.5, 0.6) is 5.75 Å². The van der Waals surface area contributed by atoms with E-state index < -0.39 is 22.7 Å². The third kappa shape index (κ3) is 4.95. The first-order chi connectivity index (χ1) is 6.89. The fourth-order valence-electron chi connectivity index (χ4n) is 0.853. The fourth-order valence-corrected chi connectivity index (χ4v) is 1.33. The van der Waals surface area contributed by atoms with Crippen LogP contribution in [-0.4, -0.2) is 30.7 Å². The molecule has 1 aromatic rings. The van der Waals surface area contributed by atoms with Gasteiger partial charge in [0.2, 0.25) is 0 Å². The Hall–Kier alpha value is -0.600. The van der Waals surface area contributed by atoms with Gasteiger partial charge in [-0.15, -0.1) is 0 Å². The number of hydrogen-bond donors (Lipinski definition) is 2. The Morgan fingerprint density at radius 3 is 2.19 bits per heavy atom. The first-order valence-electron chi connectivity index (χ1n) is 3.82. The quantitative estimate of drug-likeness (QED) is 0.456. The zero-order valence-electron chi connectivity index (χ0n) is 9.45. The van der Waals surface area contributed by atoms with Crippen LogP contribution >= 0.6 is 0 Å². The molecular formula is C8H9NaO6S. The average Bonchev–Trinajstić information content (AvgIpc) is 2.14. The summed E-state index contributed by atoms with van der Waals surface area (Å²) in [6.45, 7) is -0.509. The topological polar surface area (TPSA) is 101 Å². The Morgan fingerprint density at radius 2 is 1.81 bits per heavy atom. The van der Waals surface area contributed by atoms with Gasteiger partial charge in [-0.2, -0.15) is 8.42 Å². The summed E-state index contributed by atoms with van der Waals surface area (Å²) in [5.74, 6) is -0.918. The van der Waals surface area contributed by atoms with Gasteiger partial charge in [0.15, 0.2) is 6.61 Å². The van der Waals surface area contributed by atoms with Crippen LogP contribution < -0.4 is 34.3 Å². The van der Waals surface area contributed by atoms with Crippen molar-refractivity contribution < 1.29 is 58.6 Å². The fraction of sp³-hybridized carbons (Fsp3) is 0.125. The molecule has 2 N–H and O–H groups in total. The van der Waals surface area contributed by atoms with Gasteiger partial charge < -0.3 is 11.3 Å². The van der Waals surface area contributed by atoms with E-state index in [4.69, 9.17) is 14.4 Å². The molecule has 0 unspecified atom stereocenters. The number of carboxylic acids is 1. The van der Waals surface area contributed by atoms with Crippen LogP contribution in [0.2, 0.25) is 0 Å². The summed E-state index contributed by atoms with van der Waals surface area (Å²) < 4.78 is 34.7. The first-order valence-corrected chi connectivity index (χ1v) is 5.26.